The highest BCUT2D eigenvalue weighted by Gasteiger charge is 2.08. The number of nitrogens with one attached hydrogen (secondary N) is 1. The van der Waals surface area contributed by atoms with E-state index in [4.69, 9.17) is 0 Å². The Balaban J connectivity index is 1.59. The van der Waals surface area contributed by atoms with Gasteiger partial charge in [-0.15, -0.1) is 0 Å². The van der Waals surface area contributed by atoms with Crippen molar-refractivity contribution in [1.29, 1.82) is 0 Å². The van der Waals surface area contributed by atoms with Gasteiger partial charge in [-0.25, -0.2) is 0 Å². The number of hydrogen-bond donors (Lipinski definition) is 1. The Kier molecular flexibility index (Phi) is 4.17. The Morgan fingerprint density at radius 2 is 2.44 bits per heavy atom. The maximum Gasteiger partial charge on any atom is 0.0637 e. The molecule has 1 aromatic rings. The summed E-state index contributed by atoms with van der Waals surface area (Å²) < 4.78 is 1.86. The standard InChI is InChI=1S/C13H21N3/c1-16-10-8-13(15-16)7-9-14-11-12-5-3-2-4-6-12/h2-3,8,10,12,14H,4-7,9,11H2,1H3. The molecule has 0 spiro atoms. The number of nitrogens with zero attached hydrogens (tertiary/aromatic N) is 2. The lowest BCUT2D eigenvalue weighted by Crippen LogP contribution is -2.25. The lowest BCUT2D eigenvalue weighted by molar-refractivity contribution is 0.442. The summed E-state index contributed by atoms with van der Waals surface area (Å²) in [5.74, 6) is 0.841. The first-order valence-electron chi connectivity index (χ1n) is 6.19. The molecule has 88 valence electrons. The molecule has 3 nitrogen and oxygen atoms in total. The molecule has 2 rings (SSSR count). The zero-order chi connectivity index (χ0) is 11.2. The average molecular weight is 219 g/mol. The number of rotatable bonds is 5. The summed E-state index contributed by atoms with van der Waals surface area (Å²) >= 11 is 0. The Morgan fingerprint density at radius 1 is 1.50 bits per heavy atom. The van der Waals surface area contributed by atoms with Gasteiger partial charge in [0.1, 0.15) is 0 Å². The van der Waals surface area contributed by atoms with Gasteiger partial charge in [-0.3, -0.25) is 4.68 Å². The van der Waals surface area contributed by atoms with Crippen LogP contribution >= 0.6 is 0 Å². The number of allylic oxidation sites excluding steroid dienone is 2. The number of hydrogen-bond acceptors (Lipinski definition) is 2. The first-order chi connectivity index (χ1) is 7.84. The van der Waals surface area contributed by atoms with Gasteiger partial charge in [-0.1, -0.05) is 12.2 Å². The zero-order valence-electron chi connectivity index (χ0n) is 10.0. The van der Waals surface area contributed by atoms with Crippen LogP contribution in [0.3, 0.4) is 0 Å². The van der Waals surface area contributed by atoms with E-state index in [0.717, 1.165) is 25.4 Å². The van der Waals surface area contributed by atoms with Gasteiger partial charge in [0.25, 0.3) is 0 Å². The van der Waals surface area contributed by atoms with Gasteiger partial charge >= 0.3 is 0 Å². The van der Waals surface area contributed by atoms with Crippen molar-refractivity contribution in [3.8, 4) is 0 Å². The van der Waals surface area contributed by atoms with E-state index in [1.165, 1.54) is 25.0 Å². The SMILES string of the molecule is Cn1ccc(CCNCC2CC=CCC2)n1. The Hall–Kier alpha value is -1.09. The molecule has 0 aliphatic heterocycles. The van der Waals surface area contributed by atoms with Gasteiger partial charge in [0.2, 0.25) is 0 Å². The fourth-order valence-corrected chi connectivity index (χ4v) is 2.16. The minimum atomic E-state index is 0.841. The van der Waals surface area contributed by atoms with Gasteiger partial charge in [-0.2, -0.15) is 5.10 Å². The summed E-state index contributed by atoms with van der Waals surface area (Å²) in [6, 6.07) is 2.09. The summed E-state index contributed by atoms with van der Waals surface area (Å²) in [4.78, 5) is 0. The third-order valence-corrected chi connectivity index (χ3v) is 3.14. The largest absolute Gasteiger partial charge is 0.316 e. The average Bonchev–Trinajstić information content (AvgIpc) is 2.72. The van der Waals surface area contributed by atoms with E-state index in [9.17, 15) is 0 Å². The number of aryl methyl sites for hydroxylation is 1. The molecule has 0 radical (unpaired) electrons. The van der Waals surface area contributed by atoms with Crippen molar-refractivity contribution >= 4 is 0 Å². The van der Waals surface area contributed by atoms with E-state index in [2.05, 4.69) is 28.6 Å². The molecule has 0 saturated carbocycles. The van der Waals surface area contributed by atoms with Crippen molar-refractivity contribution in [1.82, 2.24) is 15.1 Å². The number of aromatic nitrogens is 2. The molecule has 16 heavy (non-hydrogen) atoms. The van der Waals surface area contributed by atoms with E-state index in [1.807, 2.05) is 17.9 Å². The minimum absolute atomic E-state index is 0.841. The van der Waals surface area contributed by atoms with E-state index in [0.29, 0.717) is 0 Å². The molecule has 1 unspecified atom stereocenters. The predicted octanol–water partition coefficient (Wildman–Crippen LogP) is 1.91. The second-order valence-electron chi connectivity index (χ2n) is 4.59. The summed E-state index contributed by atoms with van der Waals surface area (Å²) in [5, 5.41) is 7.89. The van der Waals surface area contributed by atoms with Crippen molar-refractivity contribution in [3.05, 3.63) is 30.1 Å². The third-order valence-electron chi connectivity index (χ3n) is 3.14. The van der Waals surface area contributed by atoms with Crippen molar-refractivity contribution in [3.63, 3.8) is 0 Å². The highest BCUT2D eigenvalue weighted by atomic mass is 15.2. The van der Waals surface area contributed by atoms with E-state index in [1.54, 1.807) is 0 Å². The molecule has 1 N–H and O–H groups in total. The first kappa shape index (κ1) is 11.4. The Labute approximate surface area is 97.5 Å². The molecular weight excluding hydrogens is 198 g/mol. The van der Waals surface area contributed by atoms with Crippen LogP contribution in [-0.4, -0.2) is 22.9 Å². The van der Waals surface area contributed by atoms with E-state index >= 15 is 0 Å². The fourth-order valence-electron chi connectivity index (χ4n) is 2.16. The second kappa shape index (κ2) is 5.85. The Bertz CT molecular complexity index is 341. The molecule has 1 aromatic heterocycles. The lowest BCUT2D eigenvalue weighted by Gasteiger charge is -2.17. The quantitative estimate of drug-likeness (QED) is 0.605. The fraction of sp³-hybridized carbons (Fsp3) is 0.615. The molecule has 1 aliphatic carbocycles. The van der Waals surface area contributed by atoms with Crippen LogP contribution in [0.15, 0.2) is 24.4 Å². The molecule has 0 saturated heterocycles. The lowest BCUT2D eigenvalue weighted by atomic mass is 9.94. The topological polar surface area (TPSA) is 29.9 Å². The van der Waals surface area contributed by atoms with Gasteiger partial charge in [0.15, 0.2) is 0 Å². The first-order valence-corrected chi connectivity index (χ1v) is 6.19. The van der Waals surface area contributed by atoms with Crippen molar-refractivity contribution < 1.29 is 0 Å². The molecule has 3 heteroatoms. The molecule has 1 aliphatic rings. The monoisotopic (exact) mass is 219 g/mol. The van der Waals surface area contributed by atoms with Crippen LogP contribution in [0.2, 0.25) is 0 Å². The summed E-state index contributed by atoms with van der Waals surface area (Å²) in [5.41, 5.74) is 1.18. The smallest absolute Gasteiger partial charge is 0.0637 e. The van der Waals surface area contributed by atoms with Crippen LogP contribution in [0.25, 0.3) is 0 Å². The zero-order valence-corrected chi connectivity index (χ0v) is 10.0. The van der Waals surface area contributed by atoms with Crippen LogP contribution < -0.4 is 5.32 Å². The van der Waals surface area contributed by atoms with Crippen molar-refractivity contribution in [2.75, 3.05) is 13.1 Å². The molecule has 0 fully saturated rings. The van der Waals surface area contributed by atoms with Crippen LogP contribution in [0.5, 0.6) is 0 Å². The van der Waals surface area contributed by atoms with E-state index < -0.39 is 0 Å². The molecular formula is C13H21N3. The van der Waals surface area contributed by atoms with Gasteiger partial charge in [0.05, 0.1) is 5.69 Å². The molecule has 1 atom stereocenters. The third kappa shape index (κ3) is 3.49. The van der Waals surface area contributed by atoms with Crippen molar-refractivity contribution in [2.45, 2.75) is 25.7 Å². The molecule has 0 amide bonds. The summed E-state index contributed by atoms with van der Waals surface area (Å²) in [6.07, 6.45) is 11.5. The maximum absolute atomic E-state index is 4.36. The Morgan fingerprint density at radius 3 is 3.12 bits per heavy atom. The van der Waals surface area contributed by atoms with Gasteiger partial charge in [-0.05, 0) is 37.8 Å². The van der Waals surface area contributed by atoms with E-state index in [-0.39, 0.29) is 0 Å². The second-order valence-corrected chi connectivity index (χ2v) is 4.59. The molecule has 0 aromatic carbocycles. The molecule has 1 heterocycles. The van der Waals surface area contributed by atoms with Gasteiger partial charge < -0.3 is 5.32 Å². The summed E-state index contributed by atoms with van der Waals surface area (Å²) in [7, 11) is 1.96. The minimum Gasteiger partial charge on any atom is -0.316 e. The normalized spacial score (nSPS) is 20.2. The van der Waals surface area contributed by atoms with Crippen LogP contribution in [0.1, 0.15) is 25.0 Å². The van der Waals surface area contributed by atoms with Gasteiger partial charge in [0, 0.05) is 26.2 Å². The predicted molar refractivity (Wildman–Crippen MR) is 66.3 cm³/mol. The highest BCUT2D eigenvalue weighted by molar-refractivity contribution is 4.99. The maximum atomic E-state index is 4.36. The highest BCUT2D eigenvalue weighted by Crippen LogP contribution is 2.16. The van der Waals surface area contributed by atoms with Crippen LogP contribution in [-0.2, 0) is 13.5 Å². The van der Waals surface area contributed by atoms with Crippen LogP contribution in [0, 0.1) is 5.92 Å². The molecule has 0 bridgehead atoms. The van der Waals surface area contributed by atoms with Crippen molar-refractivity contribution in [2.24, 2.45) is 13.0 Å². The summed E-state index contributed by atoms with van der Waals surface area (Å²) in [6.45, 7) is 2.19. The van der Waals surface area contributed by atoms with Crippen LogP contribution in [0.4, 0.5) is 0 Å².